The minimum Gasteiger partial charge on any atom is -0.348 e. The van der Waals surface area contributed by atoms with E-state index in [9.17, 15) is 0 Å². The number of nitrogens with two attached hydrogens (primary N) is 1. The van der Waals surface area contributed by atoms with Gasteiger partial charge in [-0.1, -0.05) is 27.7 Å². The van der Waals surface area contributed by atoms with Crippen LogP contribution in [-0.4, -0.2) is 18.1 Å². The molecule has 0 aliphatic heterocycles. The second-order valence-electron chi connectivity index (χ2n) is 7.17. The smallest absolute Gasteiger partial charge is 0.185 e. The minimum absolute atomic E-state index is 0.456. The summed E-state index contributed by atoms with van der Waals surface area (Å²) in [5.74, 6) is 0.456. The Kier molecular flexibility index (Phi) is 4.75. The molecule has 4 heteroatoms. The monoisotopic (exact) mass is 295 g/mol. The van der Waals surface area contributed by atoms with Crippen molar-refractivity contribution in [3.8, 4) is 0 Å². The molecule has 1 heterocycles. The molecule has 1 aromatic rings. The fraction of sp³-hybridized carbons (Fsp3) is 0.812. The third kappa shape index (κ3) is 3.34. The van der Waals surface area contributed by atoms with Crippen LogP contribution in [0.1, 0.15) is 69.9 Å². The Labute approximate surface area is 127 Å². The Morgan fingerprint density at radius 2 is 1.95 bits per heavy atom. The highest BCUT2D eigenvalue weighted by Crippen LogP contribution is 2.39. The third-order valence-electron chi connectivity index (χ3n) is 4.61. The first-order valence-corrected chi connectivity index (χ1v) is 8.58. The summed E-state index contributed by atoms with van der Waals surface area (Å²) in [6.07, 6.45) is 5.18. The van der Waals surface area contributed by atoms with Gasteiger partial charge in [0, 0.05) is 24.5 Å². The van der Waals surface area contributed by atoms with Crippen molar-refractivity contribution in [1.29, 1.82) is 0 Å². The van der Waals surface area contributed by atoms with Gasteiger partial charge in [0.1, 0.15) is 0 Å². The van der Waals surface area contributed by atoms with E-state index < -0.39 is 0 Å². The third-order valence-corrected chi connectivity index (χ3v) is 5.79. The second kappa shape index (κ2) is 6.02. The van der Waals surface area contributed by atoms with Crippen LogP contribution >= 0.6 is 11.3 Å². The van der Waals surface area contributed by atoms with Gasteiger partial charge in [-0.3, -0.25) is 0 Å². The number of thiazole rings is 1. The van der Waals surface area contributed by atoms with Gasteiger partial charge in [-0.25, -0.2) is 4.98 Å². The Hall–Kier alpha value is -0.610. The molecular formula is C16H29N3S. The largest absolute Gasteiger partial charge is 0.348 e. The van der Waals surface area contributed by atoms with Gasteiger partial charge in [0.15, 0.2) is 5.13 Å². The highest BCUT2D eigenvalue weighted by atomic mass is 32.1. The summed E-state index contributed by atoms with van der Waals surface area (Å²) >= 11 is 1.78. The fourth-order valence-electron chi connectivity index (χ4n) is 3.03. The lowest BCUT2D eigenvalue weighted by Gasteiger charge is -2.38. The first-order valence-electron chi connectivity index (χ1n) is 7.76. The lowest BCUT2D eigenvalue weighted by molar-refractivity contribution is 0.222. The number of hydrogen-bond acceptors (Lipinski definition) is 4. The zero-order valence-electron chi connectivity index (χ0n) is 13.6. The zero-order valence-corrected chi connectivity index (χ0v) is 14.4. The molecule has 1 saturated carbocycles. The van der Waals surface area contributed by atoms with E-state index in [0.29, 0.717) is 23.9 Å². The highest BCUT2D eigenvalue weighted by Gasteiger charge is 2.30. The van der Waals surface area contributed by atoms with Crippen LogP contribution in [0.2, 0.25) is 0 Å². The van der Waals surface area contributed by atoms with E-state index >= 15 is 0 Å². The average Bonchev–Trinajstić information content (AvgIpc) is 2.82. The Morgan fingerprint density at radius 1 is 1.35 bits per heavy atom. The predicted molar refractivity (Wildman–Crippen MR) is 88.5 cm³/mol. The molecule has 0 unspecified atom stereocenters. The summed E-state index contributed by atoms with van der Waals surface area (Å²) < 4.78 is 0. The summed E-state index contributed by atoms with van der Waals surface area (Å²) in [6, 6.07) is 0.639. The Balaban J connectivity index is 2.11. The number of rotatable bonds is 4. The lowest BCUT2D eigenvalue weighted by Crippen LogP contribution is -2.37. The summed E-state index contributed by atoms with van der Waals surface area (Å²) in [6.45, 7) is 9.77. The fourth-order valence-corrected chi connectivity index (χ4v) is 4.15. The van der Waals surface area contributed by atoms with Crippen LogP contribution < -0.4 is 10.6 Å². The number of hydrogen-bond donors (Lipinski definition) is 1. The van der Waals surface area contributed by atoms with E-state index in [2.05, 4.69) is 39.6 Å². The second-order valence-corrected chi connectivity index (χ2v) is 8.23. The SMILES string of the molecule is CC(C)c1nc(N(C)C2CCC(C)(C)CC2)sc1CN. The van der Waals surface area contributed by atoms with Crippen LogP contribution in [0.5, 0.6) is 0 Å². The lowest BCUT2D eigenvalue weighted by atomic mass is 9.75. The van der Waals surface area contributed by atoms with Gasteiger partial charge in [0.25, 0.3) is 0 Å². The number of anilines is 1. The molecule has 1 aliphatic rings. The highest BCUT2D eigenvalue weighted by molar-refractivity contribution is 7.15. The maximum Gasteiger partial charge on any atom is 0.185 e. The molecular weight excluding hydrogens is 266 g/mol. The van der Waals surface area contributed by atoms with Crippen molar-refractivity contribution in [2.75, 3.05) is 11.9 Å². The molecule has 0 spiro atoms. The molecule has 3 nitrogen and oxygen atoms in total. The van der Waals surface area contributed by atoms with Crippen LogP contribution in [0.3, 0.4) is 0 Å². The van der Waals surface area contributed by atoms with Crippen LogP contribution in [0.4, 0.5) is 5.13 Å². The Morgan fingerprint density at radius 3 is 2.40 bits per heavy atom. The molecule has 1 aromatic heterocycles. The first-order chi connectivity index (χ1) is 9.34. The van der Waals surface area contributed by atoms with E-state index in [1.54, 1.807) is 11.3 Å². The molecule has 20 heavy (non-hydrogen) atoms. The topological polar surface area (TPSA) is 42.2 Å². The molecule has 2 N–H and O–H groups in total. The number of nitrogens with zero attached hydrogens (tertiary/aromatic N) is 2. The molecule has 114 valence electrons. The van der Waals surface area contributed by atoms with Gasteiger partial charge in [0.2, 0.25) is 0 Å². The van der Waals surface area contributed by atoms with Crippen molar-refractivity contribution in [1.82, 2.24) is 4.98 Å². The summed E-state index contributed by atoms with van der Waals surface area (Å²) in [7, 11) is 2.20. The van der Waals surface area contributed by atoms with Gasteiger partial charge in [-0.15, -0.1) is 11.3 Å². The van der Waals surface area contributed by atoms with E-state index in [1.165, 1.54) is 36.3 Å². The molecule has 1 aliphatic carbocycles. The van der Waals surface area contributed by atoms with Crippen LogP contribution in [0, 0.1) is 5.41 Å². The van der Waals surface area contributed by atoms with Crippen molar-refractivity contribution >= 4 is 16.5 Å². The molecule has 2 rings (SSSR count). The molecule has 0 aromatic carbocycles. The van der Waals surface area contributed by atoms with Gasteiger partial charge >= 0.3 is 0 Å². The van der Waals surface area contributed by atoms with Crippen LogP contribution in [-0.2, 0) is 6.54 Å². The molecule has 0 radical (unpaired) electrons. The maximum atomic E-state index is 5.87. The quantitative estimate of drug-likeness (QED) is 0.908. The van der Waals surface area contributed by atoms with Crippen molar-refractivity contribution in [3.63, 3.8) is 0 Å². The van der Waals surface area contributed by atoms with Crippen molar-refractivity contribution < 1.29 is 0 Å². The van der Waals surface area contributed by atoms with E-state index in [0.717, 1.165) is 5.13 Å². The van der Waals surface area contributed by atoms with Crippen molar-refractivity contribution in [2.45, 2.75) is 71.9 Å². The molecule has 0 atom stereocenters. The number of aromatic nitrogens is 1. The Bertz CT molecular complexity index is 441. The van der Waals surface area contributed by atoms with Gasteiger partial charge in [-0.05, 0) is 37.0 Å². The molecule has 0 bridgehead atoms. The standard InChI is InChI=1S/C16H29N3S/c1-11(2)14-13(10-17)20-15(18-14)19(5)12-6-8-16(3,4)9-7-12/h11-12H,6-10,17H2,1-5H3. The van der Waals surface area contributed by atoms with Crippen molar-refractivity contribution in [3.05, 3.63) is 10.6 Å². The maximum absolute atomic E-state index is 5.87. The van der Waals surface area contributed by atoms with Crippen molar-refractivity contribution in [2.24, 2.45) is 11.1 Å². The predicted octanol–water partition coefficient (Wildman–Crippen LogP) is 4.13. The van der Waals surface area contributed by atoms with Gasteiger partial charge in [0.05, 0.1) is 5.69 Å². The van der Waals surface area contributed by atoms with E-state index in [1.807, 2.05) is 0 Å². The molecule has 0 saturated heterocycles. The zero-order chi connectivity index (χ0) is 14.9. The minimum atomic E-state index is 0.456. The summed E-state index contributed by atoms with van der Waals surface area (Å²) in [5.41, 5.74) is 7.58. The first kappa shape index (κ1) is 15.8. The van der Waals surface area contributed by atoms with Gasteiger partial charge < -0.3 is 10.6 Å². The van der Waals surface area contributed by atoms with E-state index in [-0.39, 0.29) is 0 Å². The summed E-state index contributed by atoms with van der Waals surface area (Å²) in [5, 5.41) is 1.15. The summed E-state index contributed by atoms with van der Waals surface area (Å²) in [4.78, 5) is 8.50. The van der Waals surface area contributed by atoms with Crippen LogP contribution in [0.25, 0.3) is 0 Å². The van der Waals surface area contributed by atoms with E-state index in [4.69, 9.17) is 10.7 Å². The normalized spacial score (nSPS) is 19.6. The molecule has 1 fully saturated rings. The van der Waals surface area contributed by atoms with Crippen LogP contribution in [0.15, 0.2) is 0 Å². The van der Waals surface area contributed by atoms with Gasteiger partial charge in [-0.2, -0.15) is 0 Å². The average molecular weight is 295 g/mol. The molecule has 0 amide bonds.